The van der Waals surface area contributed by atoms with Crippen molar-refractivity contribution in [3.8, 4) is 5.75 Å². The zero-order valence-corrected chi connectivity index (χ0v) is 14.5. The molecule has 0 aliphatic heterocycles. The Hall–Kier alpha value is -1.46. The predicted molar refractivity (Wildman–Crippen MR) is 92.6 cm³/mol. The van der Waals surface area contributed by atoms with Gasteiger partial charge >= 0.3 is 6.03 Å². The fourth-order valence-electron chi connectivity index (χ4n) is 4.77. The number of hydrogen-bond donors (Lipinski definition) is 2. The van der Waals surface area contributed by atoms with Gasteiger partial charge < -0.3 is 20.1 Å². The molecule has 1 aromatic carbocycles. The van der Waals surface area contributed by atoms with Crippen LogP contribution in [0.4, 0.5) is 10.5 Å². The molecule has 2 bridgehead atoms. The lowest BCUT2D eigenvalue weighted by Crippen LogP contribution is -2.33. The molecular weight excluding hydrogens is 328 g/mol. The minimum absolute atomic E-state index is 0.141. The SMILES string of the molecule is COCCOc1ccc(NC(=O)NC2C3C4CCC(C4)C23)cc1Cl. The highest BCUT2D eigenvalue weighted by Crippen LogP contribution is 2.65. The summed E-state index contributed by atoms with van der Waals surface area (Å²) in [6, 6.07) is 5.51. The van der Waals surface area contributed by atoms with Crippen LogP contribution in [0.25, 0.3) is 0 Å². The quantitative estimate of drug-likeness (QED) is 0.771. The molecule has 4 rings (SSSR count). The Bertz CT molecular complexity index is 623. The van der Waals surface area contributed by atoms with E-state index < -0.39 is 0 Å². The number of halogens is 1. The molecule has 3 aliphatic rings. The topological polar surface area (TPSA) is 59.6 Å². The Kier molecular flexibility index (Phi) is 4.31. The van der Waals surface area contributed by atoms with Crippen LogP contribution in [0.3, 0.4) is 0 Å². The van der Waals surface area contributed by atoms with Crippen molar-refractivity contribution in [1.29, 1.82) is 0 Å². The first-order valence-electron chi connectivity index (χ1n) is 8.66. The van der Waals surface area contributed by atoms with Gasteiger partial charge in [-0.1, -0.05) is 11.6 Å². The summed E-state index contributed by atoms with van der Waals surface area (Å²) in [6.45, 7) is 0.945. The van der Waals surface area contributed by atoms with E-state index >= 15 is 0 Å². The molecule has 4 atom stereocenters. The molecule has 3 saturated carbocycles. The number of fused-ring (bicyclic) bond motifs is 5. The van der Waals surface area contributed by atoms with Crippen LogP contribution in [0.15, 0.2) is 18.2 Å². The van der Waals surface area contributed by atoms with Crippen molar-refractivity contribution >= 4 is 23.3 Å². The van der Waals surface area contributed by atoms with Gasteiger partial charge in [-0.2, -0.15) is 0 Å². The Morgan fingerprint density at radius 3 is 2.67 bits per heavy atom. The maximum atomic E-state index is 12.2. The number of methoxy groups -OCH3 is 1. The van der Waals surface area contributed by atoms with Gasteiger partial charge in [0.25, 0.3) is 0 Å². The number of rotatable bonds is 6. The third-order valence-electron chi connectivity index (χ3n) is 5.77. The second-order valence-corrected chi connectivity index (χ2v) is 7.51. The molecule has 0 aromatic heterocycles. The third kappa shape index (κ3) is 2.95. The summed E-state index contributed by atoms with van der Waals surface area (Å²) in [6.07, 6.45) is 4.09. The third-order valence-corrected chi connectivity index (χ3v) is 6.06. The zero-order chi connectivity index (χ0) is 16.7. The van der Waals surface area contributed by atoms with Crippen molar-refractivity contribution in [3.63, 3.8) is 0 Å². The van der Waals surface area contributed by atoms with Crippen LogP contribution in [0.2, 0.25) is 5.02 Å². The van der Waals surface area contributed by atoms with Crippen molar-refractivity contribution in [1.82, 2.24) is 5.32 Å². The van der Waals surface area contributed by atoms with Gasteiger partial charge in [0, 0.05) is 18.8 Å². The maximum absolute atomic E-state index is 12.2. The first-order chi connectivity index (χ1) is 11.7. The van der Waals surface area contributed by atoms with Crippen molar-refractivity contribution in [2.75, 3.05) is 25.6 Å². The molecule has 2 amide bonds. The number of nitrogens with one attached hydrogen (secondary N) is 2. The largest absolute Gasteiger partial charge is 0.490 e. The molecule has 0 spiro atoms. The lowest BCUT2D eigenvalue weighted by atomic mass is 10.0. The minimum atomic E-state index is -0.141. The number of carbonyl (C=O) groups is 1. The highest BCUT2D eigenvalue weighted by Gasteiger charge is 2.65. The molecule has 4 unspecified atom stereocenters. The summed E-state index contributed by atoms with van der Waals surface area (Å²) in [5.74, 6) is 3.75. The summed E-state index contributed by atoms with van der Waals surface area (Å²) >= 11 is 6.20. The molecular formula is C18H23ClN2O3. The van der Waals surface area contributed by atoms with E-state index in [1.807, 2.05) is 0 Å². The summed E-state index contributed by atoms with van der Waals surface area (Å²) in [4.78, 5) is 12.2. The molecule has 1 aromatic rings. The lowest BCUT2D eigenvalue weighted by Gasteiger charge is -2.13. The molecule has 24 heavy (non-hydrogen) atoms. The van der Waals surface area contributed by atoms with Gasteiger partial charge in [0.15, 0.2) is 0 Å². The molecule has 3 aliphatic carbocycles. The van der Waals surface area contributed by atoms with E-state index in [0.29, 0.717) is 35.7 Å². The van der Waals surface area contributed by atoms with Crippen molar-refractivity contribution in [2.24, 2.45) is 23.7 Å². The smallest absolute Gasteiger partial charge is 0.319 e. The monoisotopic (exact) mass is 350 g/mol. The van der Waals surface area contributed by atoms with E-state index in [2.05, 4.69) is 10.6 Å². The van der Waals surface area contributed by atoms with Gasteiger partial charge in [0.2, 0.25) is 0 Å². The number of ether oxygens (including phenoxy) is 2. The highest BCUT2D eigenvalue weighted by molar-refractivity contribution is 6.32. The summed E-state index contributed by atoms with van der Waals surface area (Å²) in [5, 5.41) is 6.49. The average Bonchev–Trinajstić information content (AvgIpc) is 2.93. The van der Waals surface area contributed by atoms with E-state index in [1.165, 1.54) is 19.3 Å². The molecule has 0 radical (unpaired) electrons. The number of benzene rings is 1. The Morgan fingerprint density at radius 2 is 2.00 bits per heavy atom. The van der Waals surface area contributed by atoms with Crippen LogP contribution in [0.1, 0.15) is 19.3 Å². The average molecular weight is 351 g/mol. The van der Waals surface area contributed by atoms with Crippen molar-refractivity contribution < 1.29 is 14.3 Å². The molecule has 2 N–H and O–H groups in total. The number of anilines is 1. The summed E-state index contributed by atoms with van der Waals surface area (Å²) in [5.41, 5.74) is 0.672. The van der Waals surface area contributed by atoms with E-state index in [-0.39, 0.29) is 6.03 Å². The van der Waals surface area contributed by atoms with Crippen LogP contribution in [0.5, 0.6) is 5.75 Å². The van der Waals surface area contributed by atoms with Gasteiger partial charge in [-0.15, -0.1) is 0 Å². The number of urea groups is 1. The maximum Gasteiger partial charge on any atom is 0.319 e. The standard InChI is InChI=1S/C18H23ClN2O3/c1-23-6-7-24-14-5-4-12(9-13(14)19)20-18(22)21-17-15-10-2-3-11(8-10)16(15)17/h4-5,9-11,15-17H,2-3,6-8H2,1H3,(H2,20,21,22). The predicted octanol–water partition coefficient (Wildman–Crippen LogP) is 3.53. The normalized spacial score (nSPS) is 32.3. The van der Waals surface area contributed by atoms with Gasteiger partial charge in [-0.25, -0.2) is 4.79 Å². The van der Waals surface area contributed by atoms with Crippen LogP contribution in [-0.4, -0.2) is 32.4 Å². The van der Waals surface area contributed by atoms with Crippen molar-refractivity contribution in [3.05, 3.63) is 23.2 Å². The molecule has 3 fully saturated rings. The summed E-state index contributed by atoms with van der Waals surface area (Å²) < 4.78 is 10.4. The number of carbonyl (C=O) groups excluding carboxylic acids is 1. The molecule has 130 valence electrons. The van der Waals surface area contributed by atoms with Gasteiger partial charge in [-0.3, -0.25) is 0 Å². The van der Waals surface area contributed by atoms with Gasteiger partial charge in [0.1, 0.15) is 12.4 Å². The van der Waals surface area contributed by atoms with E-state index in [0.717, 1.165) is 23.7 Å². The second kappa shape index (κ2) is 6.45. The van der Waals surface area contributed by atoms with E-state index in [1.54, 1.807) is 25.3 Å². The minimum Gasteiger partial charge on any atom is -0.490 e. The van der Waals surface area contributed by atoms with Crippen LogP contribution >= 0.6 is 11.6 Å². The molecule has 6 heteroatoms. The number of hydrogen-bond acceptors (Lipinski definition) is 3. The van der Waals surface area contributed by atoms with Crippen molar-refractivity contribution in [2.45, 2.75) is 25.3 Å². The zero-order valence-electron chi connectivity index (χ0n) is 13.8. The van der Waals surface area contributed by atoms with E-state index in [9.17, 15) is 4.79 Å². The molecule has 5 nitrogen and oxygen atoms in total. The van der Waals surface area contributed by atoms with Gasteiger partial charge in [-0.05, 0) is 61.1 Å². The van der Waals surface area contributed by atoms with E-state index in [4.69, 9.17) is 21.1 Å². The lowest BCUT2D eigenvalue weighted by molar-refractivity contribution is 0.146. The first kappa shape index (κ1) is 16.0. The second-order valence-electron chi connectivity index (χ2n) is 7.10. The first-order valence-corrected chi connectivity index (χ1v) is 9.04. The molecule has 0 saturated heterocycles. The Labute approximate surface area is 147 Å². The highest BCUT2D eigenvalue weighted by atomic mass is 35.5. The van der Waals surface area contributed by atoms with Gasteiger partial charge in [0.05, 0.1) is 11.6 Å². The Morgan fingerprint density at radius 1 is 1.25 bits per heavy atom. The molecule has 0 heterocycles. The van der Waals surface area contributed by atoms with Crippen LogP contribution < -0.4 is 15.4 Å². The van der Waals surface area contributed by atoms with Crippen LogP contribution in [-0.2, 0) is 4.74 Å². The summed E-state index contributed by atoms with van der Waals surface area (Å²) in [7, 11) is 1.62. The van der Waals surface area contributed by atoms with Crippen LogP contribution in [0, 0.1) is 23.7 Å². The Balaban J connectivity index is 1.29. The number of amides is 2. The fourth-order valence-corrected chi connectivity index (χ4v) is 5.00. The fraction of sp³-hybridized carbons (Fsp3) is 0.611.